The predicted molar refractivity (Wildman–Crippen MR) is 34.5 cm³/mol. The predicted octanol–water partition coefficient (Wildman–Crippen LogP) is -1.58. The Bertz CT molecular complexity index is 70.1. The number of nitrogens with two attached hydrogens (primary N) is 1. The molecule has 0 bridgehead atoms. The van der Waals surface area contributed by atoms with Crippen LogP contribution in [0.1, 0.15) is 0 Å². The molecule has 0 heterocycles. The fraction of sp³-hybridized carbons (Fsp3) is 0.750. The lowest BCUT2D eigenvalue weighted by molar-refractivity contribution is -0.848. The van der Waals surface area contributed by atoms with Crippen LogP contribution in [0, 0.1) is 0 Å². The molecule has 0 atom stereocenters. The van der Waals surface area contributed by atoms with Gasteiger partial charge < -0.3 is 10.6 Å². The first kappa shape index (κ1) is 6.85. The van der Waals surface area contributed by atoms with Gasteiger partial charge in [0.15, 0.2) is 0 Å². The molecule has 0 aliphatic rings. The SMILES string of the molecule is C[NH+](C)CC(N)=S. The fourth-order valence-electron chi connectivity index (χ4n) is 0.348. The van der Waals surface area contributed by atoms with Crippen LogP contribution in [0.25, 0.3) is 0 Å². The standard InChI is InChI=1S/C4H10N2S/c1-6(2)3-4(5)7/h3H2,1-2H3,(H2,5,7)/p+1. The number of nitrogens with one attached hydrogen (secondary N) is 1. The van der Waals surface area contributed by atoms with E-state index in [1.165, 1.54) is 4.90 Å². The van der Waals surface area contributed by atoms with Crippen LogP contribution in [0.4, 0.5) is 0 Å². The normalized spacial score (nSPS) is 9.57. The van der Waals surface area contributed by atoms with Gasteiger partial charge in [0.25, 0.3) is 0 Å². The molecule has 0 aromatic rings. The number of rotatable bonds is 2. The van der Waals surface area contributed by atoms with Crippen LogP contribution in [0.3, 0.4) is 0 Å². The molecule has 0 aliphatic carbocycles. The lowest BCUT2D eigenvalue weighted by Crippen LogP contribution is -3.06. The molecular formula is C4H11N2S+. The molecule has 0 rings (SSSR count). The van der Waals surface area contributed by atoms with Gasteiger partial charge in [0, 0.05) is 0 Å². The van der Waals surface area contributed by atoms with Crippen molar-refractivity contribution in [2.45, 2.75) is 0 Å². The summed E-state index contributed by atoms with van der Waals surface area (Å²) in [6, 6.07) is 0. The van der Waals surface area contributed by atoms with Gasteiger partial charge >= 0.3 is 0 Å². The van der Waals surface area contributed by atoms with Crippen LogP contribution >= 0.6 is 12.2 Å². The number of thiocarbonyl (C=S) groups is 1. The van der Waals surface area contributed by atoms with E-state index in [1.54, 1.807) is 0 Å². The van der Waals surface area contributed by atoms with Crippen molar-refractivity contribution in [3.63, 3.8) is 0 Å². The third-order valence-corrected chi connectivity index (χ3v) is 0.672. The van der Waals surface area contributed by atoms with Gasteiger partial charge in [-0.3, -0.25) is 0 Å². The maximum atomic E-state index is 5.20. The lowest BCUT2D eigenvalue weighted by atomic mass is 10.6. The Morgan fingerprint density at radius 3 is 2.14 bits per heavy atom. The van der Waals surface area contributed by atoms with Crippen molar-refractivity contribution < 1.29 is 4.90 Å². The highest BCUT2D eigenvalue weighted by molar-refractivity contribution is 7.80. The Hall–Kier alpha value is -0.150. The zero-order valence-electron chi connectivity index (χ0n) is 4.69. The van der Waals surface area contributed by atoms with Crippen molar-refractivity contribution in [1.82, 2.24) is 0 Å². The van der Waals surface area contributed by atoms with Gasteiger partial charge in [-0.25, -0.2) is 0 Å². The molecule has 7 heavy (non-hydrogen) atoms. The molecule has 3 heteroatoms. The van der Waals surface area contributed by atoms with E-state index in [2.05, 4.69) is 12.2 Å². The van der Waals surface area contributed by atoms with Crippen LogP contribution in [-0.2, 0) is 0 Å². The van der Waals surface area contributed by atoms with E-state index in [0.29, 0.717) is 4.99 Å². The molecule has 2 nitrogen and oxygen atoms in total. The highest BCUT2D eigenvalue weighted by atomic mass is 32.1. The van der Waals surface area contributed by atoms with E-state index < -0.39 is 0 Å². The lowest BCUT2D eigenvalue weighted by Gasteiger charge is -2.02. The molecule has 42 valence electrons. The highest BCUT2D eigenvalue weighted by Gasteiger charge is 1.91. The number of quaternary nitrogens is 1. The van der Waals surface area contributed by atoms with Crippen molar-refractivity contribution in [3.8, 4) is 0 Å². The average Bonchev–Trinajstić information content (AvgIpc) is 1.27. The Morgan fingerprint density at radius 2 is 2.14 bits per heavy atom. The van der Waals surface area contributed by atoms with Crippen LogP contribution in [0.2, 0.25) is 0 Å². The second-order valence-electron chi connectivity index (χ2n) is 1.85. The zero-order chi connectivity index (χ0) is 5.86. The minimum atomic E-state index is 0.583. The Labute approximate surface area is 49.3 Å². The average molecular weight is 119 g/mol. The van der Waals surface area contributed by atoms with Crippen molar-refractivity contribution in [3.05, 3.63) is 0 Å². The van der Waals surface area contributed by atoms with Gasteiger partial charge in [0.2, 0.25) is 0 Å². The van der Waals surface area contributed by atoms with Gasteiger partial charge in [-0.15, -0.1) is 0 Å². The third kappa shape index (κ3) is 5.85. The molecular weight excluding hydrogens is 108 g/mol. The minimum absolute atomic E-state index is 0.583. The molecule has 0 amide bonds. The molecule has 0 saturated carbocycles. The first-order valence-electron chi connectivity index (χ1n) is 2.20. The summed E-state index contributed by atoms with van der Waals surface area (Å²) in [5.41, 5.74) is 5.20. The molecule has 0 aliphatic heterocycles. The molecule has 0 aromatic heterocycles. The van der Waals surface area contributed by atoms with Gasteiger partial charge in [-0.2, -0.15) is 0 Å². The third-order valence-electron chi connectivity index (χ3n) is 0.528. The maximum Gasteiger partial charge on any atom is 0.128 e. The molecule has 0 fully saturated rings. The van der Waals surface area contributed by atoms with Crippen molar-refractivity contribution in [1.29, 1.82) is 0 Å². The van der Waals surface area contributed by atoms with Crippen molar-refractivity contribution >= 4 is 17.2 Å². The van der Waals surface area contributed by atoms with Crippen LogP contribution in [0.15, 0.2) is 0 Å². The number of likely N-dealkylation sites (N-methyl/N-ethyl adjacent to an activating group) is 1. The van der Waals surface area contributed by atoms with E-state index in [1.807, 2.05) is 14.1 Å². The maximum absolute atomic E-state index is 5.20. The summed E-state index contributed by atoms with van der Waals surface area (Å²) in [6.45, 7) is 0.787. The Balaban J connectivity index is 3.13. The van der Waals surface area contributed by atoms with Gasteiger partial charge in [-0.05, 0) is 0 Å². The summed E-state index contributed by atoms with van der Waals surface area (Å²) < 4.78 is 0. The van der Waals surface area contributed by atoms with Crippen LogP contribution < -0.4 is 10.6 Å². The van der Waals surface area contributed by atoms with E-state index in [9.17, 15) is 0 Å². The summed E-state index contributed by atoms with van der Waals surface area (Å²) in [7, 11) is 4.03. The van der Waals surface area contributed by atoms with E-state index >= 15 is 0 Å². The molecule has 0 spiro atoms. The summed E-state index contributed by atoms with van der Waals surface area (Å²) in [6.07, 6.45) is 0. The fourth-order valence-corrected chi connectivity index (χ4v) is 0.637. The molecule has 0 unspecified atom stereocenters. The largest absolute Gasteiger partial charge is 0.389 e. The minimum Gasteiger partial charge on any atom is -0.389 e. The van der Waals surface area contributed by atoms with Gasteiger partial charge in [0.1, 0.15) is 11.5 Å². The molecule has 0 radical (unpaired) electrons. The summed E-state index contributed by atoms with van der Waals surface area (Å²) in [4.78, 5) is 1.85. The number of hydrogen-bond acceptors (Lipinski definition) is 1. The Morgan fingerprint density at radius 1 is 1.71 bits per heavy atom. The van der Waals surface area contributed by atoms with Gasteiger partial charge in [-0.1, -0.05) is 12.2 Å². The quantitative estimate of drug-likeness (QED) is 0.430. The van der Waals surface area contributed by atoms with Gasteiger partial charge in [0.05, 0.1) is 14.1 Å². The zero-order valence-corrected chi connectivity index (χ0v) is 5.51. The smallest absolute Gasteiger partial charge is 0.128 e. The van der Waals surface area contributed by atoms with Crippen LogP contribution in [0.5, 0.6) is 0 Å². The molecule has 0 saturated heterocycles. The first-order valence-corrected chi connectivity index (χ1v) is 2.61. The summed E-state index contributed by atoms with van der Waals surface area (Å²) in [5.74, 6) is 0. The van der Waals surface area contributed by atoms with E-state index in [-0.39, 0.29) is 0 Å². The second kappa shape index (κ2) is 2.93. The number of hydrogen-bond donors (Lipinski definition) is 2. The molecule has 3 N–H and O–H groups in total. The van der Waals surface area contributed by atoms with E-state index in [4.69, 9.17) is 5.73 Å². The van der Waals surface area contributed by atoms with Crippen LogP contribution in [-0.4, -0.2) is 25.6 Å². The first-order chi connectivity index (χ1) is 3.13. The Kier molecular flexibility index (Phi) is 2.87. The summed E-state index contributed by atoms with van der Waals surface area (Å²) >= 11 is 4.63. The van der Waals surface area contributed by atoms with E-state index in [0.717, 1.165) is 6.54 Å². The van der Waals surface area contributed by atoms with Crippen molar-refractivity contribution in [2.75, 3.05) is 20.6 Å². The van der Waals surface area contributed by atoms with Crippen molar-refractivity contribution in [2.24, 2.45) is 5.73 Å². The highest BCUT2D eigenvalue weighted by Crippen LogP contribution is 1.50. The monoisotopic (exact) mass is 119 g/mol. The second-order valence-corrected chi connectivity index (χ2v) is 2.37. The molecule has 0 aromatic carbocycles. The summed E-state index contributed by atoms with van der Waals surface area (Å²) in [5, 5.41) is 0. The topological polar surface area (TPSA) is 30.5 Å².